The van der Waals surface area contributed by atoms with Gasteiger partial charge in [0.05, 0.1) is 28.0 Å². The van der Waals surface area contributed by atoms with E-state index >= 15 is 0 Å². The quantitative estimate of drug-likeness (QED) is 0.218. The number of piperidine rings is 1. The van der Waals surface area contributed by atoms with Gasteiger partial charge in [-0.2, -0.15) is 0 Å². The number of furan rings is 1. The van der Waals surface area contributed by atoms with Crippen LogP contribution in [0.1, 0.15) is 59.7 Å². The topological polar surface area (TPSA) is 81.8 Å². The summed E-state index contributed by atoms with van der Waals surface area (Å²) >= 11 is 12.9. The first-order valence-electron chi connectivity index (χ1n) is 14.2. The van der Waals surface area contributed by atoms with E-state index in [1.54, 1.807) is 24.4 Å². The standard InChI is InChI=1S/C33H33ClN4O3S/c1-19-14-20(2)18-37(17-19)27-10-8-23(16-25(27)34)38-31(30(36-33(38)42)26-6-4-5-13-35-26)29-12-11-28(41-29)24-9-7-22(32(39)40)15-21(24)3/h4-13,15-16,19-20,30-31H,14,17-18H2,1-3H3,(H,36,42)(H,39,40)/t19-,20+,30-,31-/m1/s1. The second-order valence-electron chi connectivity index (χ2n) is 11.5. The monoisotopic (exact) mass is 600 g/mol. The second-order valence-corrected chi connectivity index (χ2v) is 12.3. The van der Waals surface area contributed by atoms with Crippen LogP contribution in [0, 0.1) is 18.8 Å². The fraction of sp³-hybridized carbons (Fsp3) is 0.303. The smallest absolute Gasteiger partial charge is 0.335 e. The molecular formula is C33H33ClN4O3S. The van der Waals surface area contributed by atoms with Crippen molar-refractivity contribution in [1.82, 2.24) is 10.3 Å². The summed E-state index contributed by atoms with van der Waals surface area (Å²) in [5.41, 5.74) is 4.63. The largest absolute Gasteiger partial charge is 0.478 e. The number of carboxylic acids is 1. The Morgan fingerprint density at radius 2 is 1.86 bits per heavy atom. The van der Waals surface area contributed by atoms with Gasteiger partial charge in [0.15, 0.2) is 5.11 Å². The Balaban J connectivity index is 1.38. The van der Waals surface area contributed by atoms with Gasteiger partial charge in [-0.1, -0.05) is 37.6 Å². The van der Waals surface area contributed by atoms with Crippen molar-refractivity contribution in [1.29, 1.82) is 0 Å². The number of nitrogens with one attached hydrogen (secondary N) is 1. The third-order valence-electron chi connectivity index (χ3n) is 8.17. The zero-order valence-corrected chi connectivity index (χ0v) is 25.3. The number of carbonyl (C=O) groups is 1. The number of hydrogen-bond acceptors (Lipinski definition) is 5. The zero-order chi connectivity index (χ0) is 29.5. The van der Waals surface area contributed by atoms with Gasteiger partial charge in [-0.3, -0.25) is 4.98 Å². The van der Waals surface area contributed by atoms with Crippen LogP contribution in [0.2, 0.25) is 5.02 Å². The summed E-state index contributed by atoms with van der Waals surface area (Å²) in [6.07, 6.45) is 3.00. The van der Waals surface area contributed by atoms with Crippen LogP contribution >= 0.6 is 23.8 Å². The van der Waals surface area contributed by atoms with Crippen molar-refractivity contribution >= 4 is 46.3 Å². The number of rotatable bonds is 6. The first kappa shape index (κ1) is 28.2. The number of aromatic nitrogens is 1. The first-order valence-corrected chi connectivity index (χ1v) is 15.0. The van der Waals surface area contributed by atoms with E-state index in [0.29, 0.717) is 33.5 Å². The highest BCUT2D eigenvalue weighted by molar-refractivity contribution is 7.80. The number of aryl methyl sites for hydroxylation is 1. The molecule has 6 rings (SSSR count). The predicted molar refractivity (Wildman–Crippen MR) is 170 cm³/mol. The van der Waals surface area contributed by atoms with E-state index in [2.05, 4.69) is 46.1 Å². The van der Waals surface area contributed by atoms with Gasteiger partial charge < -0.3 is 24.6 Å². The number of nitrogens with zero attached hydrogens (tertiary/aromatic N) is 3. The third kappa shape index (κ3) is 5.37. The highest BCUT2D eigenvalue weighted by atomic mass is 35.5. The molecule has 0 unspecified atom stereocenters. The zero-order valence-electron chi connectivity index (χ0n) is 23.8. The number of halogens is 1. The average Bonchev–Trinajstić information content (AvgIpc) is 3.57. The number of benzene rings is 2. The number of thiocarbonyl (C=S) groups is 1. The molecule has 4 aromatic rings. The van der Waals surface area contributed by atoms with Gasteiger partial charge in [0.2, 0.25) is 0 Å². The van der Waals surface area contributed by atoms with E-state index in [4.69, 9.17) is 28.2 Å². The van der Waals surface area contributed by atoms with Crippen LogP contribution < -0.4 is 15.1 Å². The van der Waals surface area contributed by atoms with Gasteiger partial charge in [0, 0.05) is 30.5 Å². The van der Waals surface area contributed by atoms with E-state index in [1.165, 1.54) is 6.42 Å². The van der Waals surface area contributed by atoms with Crippen LogP contribution in [-0.4, -0.2) is 34.3 Å². The number of hydrogen-bond donors (Lipinski definition) is 2. The number of aromatic carboxylic acids is 1. The van der Waals surface area contributed by atoms with Crippen molar-refractivity contribution in [3.63, 3.8) is 0 Å². The Hall–Kier alpha value is -3.88. The average molecular weight is 601 g/mol. The van der Waals surface area contributed by atoms with Crippen LogP contribution in [0.3, 0.4) is 0 Å². The van der Waals surface area contributed by atoms with Crippen molar-refractivity contribution in [2.45, 2.75) is 39.3 Å². The molecule has 4 atom stereocenters. The predicted octanol–water partition coefficient (Wildman–Crippen LogP) is 7.66. The molecule has 2 saturated heterocycles. The van der Waals surface area contributed by atoms with Crippen LogP contribution in [-0.2, 0) is 0 Å². The van der Waals surface area contributed by atoms with Crippen LogP contribution in [0.4, 0.5) is 11.4 Å². The Bertz CT molecular complexity index is 1630. The molecule has 4 heterocycles. The lowest BCUT2D eigenvalue weighted by Crippen LogP contribution is -2.38. The van der Waals surface area contributed by atoms with E-state index in [9.17, 15) is 9.90 Å². The fourth-order valence-corrected chi connectivity index (χ4v) is 7.05. The maximum atomic E-state index is 11.4. The molecule has 0 bridgehead atoms. The van der Waals surface area contributed by atoms with Crippen molar-refractivity contribution in [3.05, 3.63) is 101 Å². The van der Waals surface area contributed by atoms with Crippen molar-refractivity contribution in [3.8, 4) is 11.3 Å². The Kier molecular flexibility index (Phi) is 7.68. The lowest BCUT2D eigenvalue weighted by molar-refractivity contribution is 0.0696. The summed E-state index contributed by atoms with van der Waals surface area (Å²) in [6.45, 7) is 8.44. The molecule has 9 heteroatoms. The SMILES string of the molecule is Cc1cc(C(=O)O)ccc1-c1ccc([C@@H]2[C@@H](c3ccccn3)NC(=S)N2c2ccc(N3C[C@H](C)C[C@H](C)C3)c(Cl)c2)o1. The van der Waals surface area contributed by atoms with E-state index in [1.807, 2.05) is 43.3 Å². The van der Waals surface area contributed by atoms with Crippen molar-refractivity contribution in [2.75, 3.05) is 22.9 Å². The molecule has 7 nitrogen and oxygen atoms in total. The molecule has 0 spiro atoms. The molecule has 2 aliphatic rings. The van der Waals surface area contributed by atoms with Gasteiger partial charge in [0.1, 0.15) is 17.6 Å². The highest BCUT2D eigenvalue weighted by Gasteiger charge is 2.43. The van der Waals surface area contributed by atoms with Crippen LogP contribution in [0.15, 0.2) is 77.3 Å². The minimum absolute atomic E-state index is 0.239. The Morgan fingerprint density at radius 3 is 2.52 bits per heavy atom. The molecule has 2 aromatic carbocycles. The van der Waals surface area contributed by atoms with E-state index < -0.39 is 5.97 Å². The summed E-state index contributed by atoms with van der Waals surface area (Å²) in [5, 5.41) is 14.1. The Morgan fingerprint density at radius 1 is 1.07 bits per heavy atom. The molecular weight excluding hydrogens is 568 g/mol. The molecule has 2 fully saturated rings. The normalized spacial score (nSPS) is 22.3. The van der Waals surface area contributed by atoms with E-state index in [0.717, 1.165) is 41.3 Å². The van der Waals surface area contributed by atoms with Gasteiger partial charge in [-0.15, -0.1) is 0 Å². The number of carboxylic acid groups (broad SMARTS) is 1. The van der Waals surface area contributed by atoms with Gasteiger partial charge in [-0.05, 0) is 97.6 Å². The second kappa shape index (κ2) is 11.4. The summed E-state index contributed by atoms with van der Waals surface area (Å²) in [5.74, 6) is 1.62. The van der Waals surface area contributed by atoms with Crippen LogP contribution in [0.5, 0.6) is 0 Å². The molecule has 2 aromatic heterocycles. The van der Waals surface area contributed by atoms with Crippen LogP contribution in [0.25, 0.3) is 11.3 Å². The molecule has 0 aliphatic carbocycles. The minimum atomic E-state index is -0.960. The Labute approximate surface area is 256 Å². The summed E-state index contributed by atoms with van der Waals surface area (Å²) in [6, 6.07) is 20.3. The van der Waals surface area contributed by atoms with Gasteiger partial charge in [-0.25, -0.2) is 4.79 Å². The molecule has 2 N–H and O–H groups in total. The molecule has 2 aliphatic heterocycles. The third-order valence-corrected chi connectivity index (χ3v) is 8.79. The number of pyridine rings is 1. The molecule has 0 saturated carbocycles. The maximum Gasteiger partial charge on any atom is 0.335 e. The molecule has 42 heavy (non-hydrogen) atoms. The van der Waals surface area contributed by atoms with Gasteiger partial charge >= 0.3 is 5.97 Å². The fourth-order valence-electron chi connectivity index (χ4n) is 6.41. The molecule has 0 amide bonds. The summed E-state index contributed by atoms with van der Waals surface area (Å²) in [4.78, 5) is 20.5. The van der Waals surface area contributed by atoms with Crippen molar-refractivity contribution in [2.24, 2.45) is 11.8 Å². The van der Waals surface area contributed by atoms with Crippen molar-refractivity contribution < 1.29 is 14.3 Å². The highest BCUT2D eigenvalue weighted by Crippen LogP contribution is 2.45. The maximum absolute atomic E-state index is 11.4. The minimum Gasteiger partial charge on any atom is -0.478 e. The van der Waals surface area contributed by atoms with Gasteiger partial charge in [0.25, 0.3) is 0 Å². The molecule has 0 radical (unpaired) electrons. The van der Waals surface area contributed by atoms with E-state index in [-0.39, 0.29) is 17.6 Å². The summed E-state index contributed by atoms with van der Waals surface area (Å²) < 4.78 is 6.50. The molecule has 216 valence electrons. The lowest BCUT2D eigenvalue weighted by Gasteiger charge is -2.37. The summed E-state index contributed by atoms with van der Waals surface area (Å²) in [7, 11) is 0. The first-order chi connectivity index (χ1) is 20.2. The number of anilines is 2. The lowest BCUT2D eigenvalue weighted by atomic mass is 9.91.